The van der Waals surface area contributed by atoms with Crippen molar-refractivity contribution in [1.82, 2.24) is 20.2 Å². The van der Waals surface area contributed by atoms with Gasteiger partial charge in [-0.3, -0.25) is 9.59 Å². The highest BCUT2D eigenvalue weighted by molar-refractivity contribution is 5.88. The van der Waals surface area contributed by atoms with Gasteiger partial charge in [0, 0.05) is 19.4 Å². The molecule has 3 rings (SSSR count). The zero-order valence-electron chi connectivity index (χ0n) is 15.6. The van der Waals surface area contributed by atoms with E-state index in [0.717, 1.165) is 17.0 Å². The predicted octanol–water partition coefficient (Wildman–Crippen LogP) is 2.42. The minimum Gasteiger partial charge on any atom is -0.350 e. The minimum atomic E-state index is -0.524. The lowest BCUT2D eigenvalue weighted by atomic mass is 9.90. The lowest BCUT2D eigenvalue weighted by molar-refractivity contribution is -0.143. The second-order valence-electron chi connectivity index (χ2n) is 8.01. The summed E-state index contributed by atoms with van der Waals surface area (Å²) < 4.78 is 0. The number of fused-ring (bicyclic) bond motifs is 1. The molecule has 6 nitrogen and oxygen atoms in total. The van der Waals surface area contributed by atoms with E-state index < -0.39 is 6.04 Å². The summed E-state index contributed by atoms with van der Waals surface area (Å²) in [5.74, 6) is -0.137. The molecule has 1 aromatic carbocycles. The van der Waals surface area contributed by atoms with Crippen molar-refractivity contribution in [3.63, 3.8) is 0 Å². The van der Waals surface area contributed by atoms with Crippen LogP contribution in [0.5, 0.6) is 0 Å². The van der Waals surface area contributed by atoms with Crippen LogP contribution in [0.4, 0.5) is 0 Å². The normalized spacial score (nSPS) is 16.9. The maximum Gasteiger partial charge on any atom is 0.243 e. The lowest BCUT2D eigenvalue weighted by Gasteiger charge is -2.35. The van der Waals surface area contributed by atoms with Gasteiger partial charge in [-0.05, 0) is 11.0 Å². The Morgan fingerprint density at radius 3 is 2.69 bits per heavy atom. The molecule has 1 atom stereocenters. The fraction of sp³-hybridized carbons (Fsp3) is 0.450. The summed E-state index contributed by atoms with van der Waals surface area (Å²) in [6, 6.07) is 9.24. The average Bonchev–Trinajstić information content (AvgIpc) is 3.05. The molecule has 0 spiro atoms. The van der Waals surface area contributed by atoms with E-state index in [4.69, 9.17) is 0 Å². The summed E-state index contributed by atoms with van der Waals surface area (Å²) in [6.07, 6.45) is 2.47. The molecular formula is C20H26N4O2. The molecule has 0 saturated carbocycles. The van der Waals surface area contributed by atoms with E-state index in [1.165, 1.54) is 0 Å². The lowest BCUT2D eigenvalue weighted by Crippen LogP contribution is -2.53. The number of nitrogens with zero attached hydrogens (tertiary/aromatic N) is 2. The van der Waals surface area contributed by atoms with E-state index in [2.05, 4.69) is 15.3 Å². The van der Waals surface area contributed by atoms with Gasteiger partial charge in [0.2, 0.25) is 11.8 Å². The molecule has 1 aliphatic rings. The summed E-state index contributed by atoms with van der Waals surface area (Å²) >= 11 is 0. The number of hydrogen-bond donors (Lipinski definition) is 2. The van der Waals surface area contributed by atoms with Gasteiger partial charge in [0.15, 0.2) is 0 Å². The van der Waals surface area contributed by atoms with Crippen LogP contribution in [0.2, 0.25) is 0 Å². The third kappa shape index (κ3) is 4.31. The number of carbonyl (C=O) groups excluding carboxylic acids is 2. The van der Waals surface area contributed by atoms with Gasteiger partial charge in [-0.2, -0.15) is 0 Å². The fourth-order valence-electron chi connectivity index (χ4n) is 3.19. The molecule has 0 aliphatic carbocycles. The van der Waals surface area contributed by atoms with Crippen LogP contribution in [0.3, 0.4) is 0 Å². The van der Waals surface area contributed by atoms with Crippen LogP contribution < -0.4 is 5.32 Å². The van der Waals surface area contributed by atoms with E-state index in [1.54, 1.807) is 11.2 Å². The molecule has 0 bridgehead atoms. The molecular weight excluding hydrogens is 328 g/mol. The molecule has 1 aliphatic heterocycles. The van der Waals surface area contributed by atoms with E-state index in [1.807, 2.05) is 51.1 Å². The number of aromatic nitrogens is 2. The molecule has 2 N–H and O–H groups in total. The molecule has 2 aromatic rings. The standard InChI is InChI=1S/C20H26N4O2/c1-20(2,3)10-18(25)24-12-16-15(22-13-23-16)9-17(24)19(26)21-11-14-7-5-4-6-8-14/h4-8,13,17H,9-12H2,1-3H3,(H,21,26)(H,22,23)/t17-/m0/s1. The van der Waals surface area contributed by atoms with Gasteiger partial charge < -0.3 is 15.2 Å². The number of H-pyrrole nitrogens is 1. The second-order valence-corrected chi connectivity index (χ2v) is 8.01. The molecule has 2 heterocycles. The monoisotopic (exact) mass is 354 g/mol. The number of benzene rings is 1. The quantitative estimate of drug-likeness (QED) is 0.885. The van der Waals surface area contributed by atoms with Crippen molar-refractivity contribution >= 4 is 11.8 Å². The van der Waals surface area contributed by atoms with Crippen molar-refractivity contribution in [2.75, 3.05) is 0 Å². The van der Waals surface area contributed by atoms with Crippen LogP contribution in [0, 0.1) is 5.41 Å². The van der Waals surface area contributed by atoms with Gasteiger partial charge >= 0.3 is 0 Å². The zero-order chi connectivity index (χ0) is 18.7. The summed E-state index contributed by atoms with van der Waals surface area (Å²) in [6.45, 7) is 6.93. The van der Waals surface area contributed by atoms with Crippen molar-refractivity contribution < 1.29 is 9.59 Å². The highest BCUT2D eigenvalue weighted by Gasteiger charge is 2.36. The number of hydrogen-bond acceptors (Lipinski definition) is 3. The summed E-state index contributed by atoms with van der Waals surface area (Å²) in [7, 11) is 0. The van der Waals surface area contributed by atoms with Crippen LogP contribution in [-0.2, 0) is 29.1 Å². The predicted molar refractivity (Wildman–Crippen MR) is 99.0 cm³/mol. The highest BCUT2D eigenvalue weighted by atomic mass is 16.2. The van der Waals surface area contributed by atoms with E-state index >= 15 is 0 Å². The largest absolute Gasteiger partial charge is 0.350 e. The average molecular weight is 354 g/mol. The highest BCUT2D eigenvalue weighted by Crippen LogP contribution is 2.26. The first-order chi connectivity index (χ1) is 12.3. The minimum absolute atomic E-state index is 0.00221. The Kier molecular flexibility index (Phi) is 5.11. The van der Waals surface area contributed by atoms with Crippen molar-refractivity contribution in [1.29, 1.82) is 0 Å². The van der Waals surface area contributed by atoms with Gasteiger partial charge in [-0.25, -0.2) is 4.98 Å². The maximum absolute atomic E-state index is 12.8. The third-order valence-corrected chi connectivity index (χ3v) is 4.51. The Hall–Kier alpha value is -2.63. The Labute approximate surface area is 154 Å². The Bertz CT molecular complexity index is 777. The molecule has 0 fully saturated rings. The molecule has 138 valence electrons. The van der Waals surface area contributed by atoms with Crippen LogP contribution in [-0.4, -0.2) is 32.7 Å². The third-order valence-electron chi connectivity index (χ3n) is 4.51. The van der Waals surface area contributed by atoms with Crippen molar-refractivity contribution in [3.8, 4) is 0 Å². The number of nitrogens with one attached hydrogen (secondary N) is 2. The molecule has 0 unspecified atom stereocenters. The molecule has 26 heavy (non-hydrogen) atoms. The fourth-order valence-corrected chi connectivity index (χ4v) is 3.19. The number of imidazole rings is 1. The van der Waals surface area contributed by atoms with Crippen molar-refractivity contribution in [2.45, 2.75) is 52.7 Å². The van der Waals surface area contributed by atoms with Gasteiger partial charge in [-0.15, -0.1) is 0 Å². The SMILES string of the molecule is CC(C)(C)CC(=O)N1Cc2[nH]cnc2C[C@H]1C(=O)NCc1ccccc1. The Morgan fingerprint density at radius 1 is 1.27 bits per heavy atom. The van der Waals surface area contributed by atoms with Gasteiger partial charge in [0.25, 0.3) is 0 Å². The van der Waals surface area contributed by atoms with Crippen molar-refractivity contribution in [3.05, 3.63) is 53.6 Å². The van der Waals surface area contributed by atoms with Gasteiger partial charge in [0.1, 0.15) is 6.04 Å². The number of amides is 2. The molecule has 2 amide bonds. The van der Waals surface area contributed by atoms with Crippen LogP contribution >= 0.6 is 0 Å². The van der Waals surface area contributed by atoms with Gasteiger partial charge in [-0.1, -0.05) is 51.1 Å². The van der Waals surface area contributed by atoms with Crippen LogP contribution in [0.15, 0.2) is 36.7 Å². The molecule has 1 aromatic heterocycles. The summed E-state index contributed by atoms with van der Waals surface area (Å²) in [5.41, 5.74) is 2.69. The smallest absolute Gasteiger partial charge is 0.243 e. The van der Waals surface area contributed by atoms with E-state index in [0.29, 0.717) is 25.9 Å². The molecule has 0 radical (unpaired) electrons. The summed E-state index contributed by atoms with van der Waals surface area (Å²) in [5, 5.41) is 2.97. The Morgan fingerprint density at radius 2 is 2.00 bits per heavy atom. The van der Waals surface area contributed by atoms with E-state index in [-0.39, 0.29) is 17.2 Å². The summed E-state index contributed by atoms with van der Waals surface area (Å²) in [4.78, 5) is 34.8. The number of aromatic amines is 1. The zero-order valence-corrected chi connectivity index (χ0v) is 15.6. The van der Waals surface area contributed by atoms with Crippen LogP contribution in [0.1, 0.15) is 44.1 Å². The first-order valence-corrected chi connectivity index (χ1v) is 8.96. The second kappa shape index (κ2) is 7.32. The number of carbonyl (C=O) groups is 2. The first kappa shape index (κ1) is 18.2. The Balaban J connectivity index is 1.74. The molecule has 6 heteroatoms. The first-order valence-electron chi connectivity index (χ1n) is 8.96. The number of rotatable bonds is 4. The molecule has 0 saturated heterocycles. The van der Waals surface area contributed by atoms with Gasteiger partial charge in [0.05, 0.1) is 24.3 Å². The van der Waals surface area contributed by atoms with E-state index in [9.17, 15) is 9.59 Å². The van der Waals surface area contributed by atoms with Crippen LogP contribution in [0.25, 0.3) is 0 Å². The topological polar surface area (TPSA) is 78.1 Å². The maximum atomic E-state index is 12.8. The van der Waals surface area contributed by atoms with Crippen molar-refractivity contribution in [2.24, 2.45) is 5.41 Å².